The van der Waals surface area contributed by atoms with Gasteiger partial charge in [0.1, 0.15) is 11.6 Å². The Morgan fingerprint density at radius 2 is 2.00 bits per heavy atom. The van der Waals surface area contributed by atoms with E-state index in [1.165, 1.54) is 11.1 Å². The summed E-state index contributed by atoms with van der Waals surface area (Å²) in [5.41, 5.74) is 5.43. The van der Waals surface area contributed by atoms with Gasteiger partial charge in [0.2, 0.25) is 6.79 Å². The van der Waals surface area contributed by atoms with E-state index in [0.717, 1.165) is 67.3 Å². The highest BCUT2D eigenvalue weighted by Gasteiger charge is 2.30. The molecule has 186 valence electrons. The summed E-state index contributed by atoms with van der Waals surface area (Å²) < 4.78 is 17.0. The fraction of sp³-hybridized carbons (Fsp3) is 0.357. The molecule has 1 aromatic heterocycles. The minimum atomic E-state index is -0.836. The van der Waals surface area contributed by atoms with Gasteiger partial charge in [0.15, 0.2) is 11.5 Å². The van der Waals surface area contributed by atoms with Gasteiger partial charge in [0.25, 0.3) is 0 Å². The highest BCUT2D eigenvalue weighted by Crippen LogP contribution is 2.41. The number of ether oxygens (including phenoxy) is 3. The van der Waals surface area contributed by atoms with Crippen LogP contribution in [0.15, 0.2) is 48.5 Å². The number of rotatable bonds is 8. The number of hydrogen-bond acceptors (Lipinski definition) is 7. The van der Waals surface area contributed by atoms with Gasteiger partial charge in [-0.25, -0.2) is 4.98 Å². The van der Waals surface area contributed by atoms with E-state index in [4.69, 9.17) is 19.2 Å². The normalized spacial score (nSPS) is 16.2. The molecule has 0 aliphatic carbocycles. The van der Waals surface area contributed by atoms with Crippen molar-refractivity contribution >= 4 is 17.5 Å². The quantitative estimate of drug-likeness (QED) is 0.484. The summed E-state index contributed by atoms with van der Waals surface area (Å²) in [5.74, 6) is 2.35. The third kappa shape index (κ3) is 4.51. The minimum Gasteiger partial charge on any atom is -0.493 e. The van der Waals surface area contributed by atoms with Gasteiger partial charge in [-0.1, -0.05) is 12.1 Å². The Kier molecular flexibility index (Phi) is 6.01. The van der Waals surface area contributed by atoms with E-state index in [0.29, 0.717) is 18.1 Å². The molecular formula is C28H29N3O5. The van der Waals surface area contributed by atoms with Crippen LogP contribution < -0.4 is 24.4 Å². The number of nitrogens with zero attached hydrogens (tertiary/aromatic N) is 2. The van der Waals surface area contributed by atoms with Crippen molar-refractivity contribution in [2.45, 2.75) is 38.1 Å². The Hall–Kier alpha value is -3.94. The largest absolute Gasteiger partial charge is 0.493 e. The standard InChI is InChI=1S/C28H29N3O5/c32-27(33)16-24(19-4-8-25-26(15-19)36-17-35-25)31-12-9-20-14-22(6-7-23(20)31)34-13-10-21-5-3-18-2-1-11-29-28(18)30-21/h3-8,14-15,24H,1-2,9-13,16-17H2,(H,29,30)(H,32,33). The number of aryl methyl sites for hydroxylation is 1. The highest BCUT2D eigenvalue weighted by molar-refractivity contribution is 5.71. The number of aliphatic carboxylic acids is 1. The first-order valence-corrected chi connectivity index (χ1v) is 12.5. The number of benzene rings is 2. The summed E-state index contributed by atoms with van der Waals surface area (Å²) in [4.78, 5) is 18.7. The maximum absolute atomic E-state index is 11.7. The fourth-order valence-corrected chi connectivity index (χ4v) is 5.29. The van der Waals surface area contributed by atoms with Crippen LogP contribution in [0.3, 0.4) is 0 Å². The maximum Gasteiger partial charge on any atom is 0.305 e. The van der Waals surface area contributed by atoms with E-state index >= 15 is 0 Å². The summed E-state index contributed by atoms with van der Waals surface area (Å²) in [6.45, 7) is 2.47. The zero-order valence-corrected chi connectivity index (χ0v) is 20.0. The molecule has 0 bridgehead atoms. The molecule has 3 aliphatic heterocycles. The van der Waals surface area contributed by atoms with E-state index < -0.39 is 5.97 Å². The van der Waals surface area contributed by atoms with Crippen LogP contribution >= 0.6 is 0 Å². The Bertz CT molecular complexity index is 1290. The van der Waals surface area contributed by atoms with Gasteiger partial charge in [-0.15, -0.1) is 0 Å². The number of nitrogens with one attached hydrogen (secondary N) is 1. The number of carboxylic acids is 1. The maximum atomic E-state index is 11.7. The molecule has 6 rings (SSSR count). The van der Waals surface area contributed by atoms with E-state index in [2.05, 4.69) is 28.4 Å². The molecule has 0 radical (unpaired) electrons. The summed E-state index contributed by atoms with van der Waals surface area (Å²) in [7, 11) is 0. The first kappa shape index (κ1) is 22.5. The van der Waals surface area contributed by atoms with E-state index in [9.17, 15) is 9.90 Å². The second kappa shape index (κ2) is 9.60. The molecule has 0 amide bonds. The molecule has 2 N–H and O–H groups in total. The molecule has 1 unspecified atom stereocenters. The molecule has 2 aromatic carbocycles. The summed E-state index contributed by atoms with van der Waals surface area (Å²) >= 11 is 0. The van der Waals surface area contributed by atoms with Crippen LogP contribution in [0.4, 0.5) is 11.5 Å². The Labute approximate surface area is 209 Å². The lowest BCUT2D eigenvalue weighted by molar-refractivity contribution is -0.137. The van der Waals surface area contributed by atoms with Gasteiger partial charge in [-0.3, -0.25) is 4.79 Å². The van der Waals surface area contributed by atoms with Gasteiger partial charge >= 0.3 is 5.97 Å². The number of carboxylic acid groups (broad SMARTS) is 1. The number of carbonyl (C=O) groups is 1. The van der Waals surface area contributed by atoms with Crippen LogP contribution in [-0.4, -0.2) is 42.5 Å². The molecule has 36 heavy (non-hydrogen) atoms. The lowest BCUT2D eigenvalue weighted by atomic mass is 10.0. The van der Waals surface area contributed by atoms with Crippen molar-refractivity contribution in [2.24, 2.45) is 0 Å². The van der Waals surface area contributed by atoms with Crippen LogP contribution in [0.2, 0.25) is 0 Å². The lowest BCUT2D eigenvalue weighted by Crippen LogP contribution is -2.28. The van der Waals surface area contributed by atoms with Crippen molar-refractivity contribution < 1.29 is 24.1 Å². The van der Waals surface area contributed by atoms with Gasteiger partial charge in [-0.2, -0.15) is 0 Å². The Morgan fingerprint density at radius 1 is 1.08 bits per heavy atom. The molecule has 4 heterocycles. The highest BCUT2D eigenvalue weighted by atomic mass is 16.7. The van der Waals surface area contributed by atoms with Crippen LogP contribution in [0.25, 0.3) is 0 Å². The summed E-state index contributed by atoms with van der Waals surface area (Å²) in [6, 6.07) is 15.7. The van der Waals surface area contributed by atoms with Crippen LogP contribution in [0.5, 0.6) is 17.2 Å². The fourth-order valence-electron chi connectivity index (χ4n) is 5.29. The number of pyridine rings is 1. The van der Waals surface area contributed by atoms with Crippen LogP contribution in [0.1, 0.15) is 41.3 Å². The lowest BCUT2D eigenvalue weighted by Gasteiger charge is -2.30. The Balaban J connectivity index is 1.15. The summed E-state index contributed by atoms with van der Waals surface area (Å²) in [6.07, 6.45) is 3.81. The number of fused-ring (bicyclic) bond motifs is 3. The molecule has 1 atom stereocenters. The molecule has 0 saturated carbocycles. The number of hydrogen-bond donors (Lipinski definition) is 2. The molecule has 0 spiro atoms. The topological polar surface area (TPSA) is 93.2 Å². The van der Waals surface area contributed by atoms with E-state index in [1.54, 1.807) is 0 Å². The Morgan fingerprint density at radius 3 is 2.92 bits per heavy atom. The van der Waals surface area contributed by atoms with Crippen LogP contribution in [0, 0.1) is 0 Å². The van der Waals surface area contributed by atoms with Crippen molar-refractivity contribution in [3.05, 3.63) is 70.9 Å². The van der Waals surface area contributed by atoms with Crippen molar-refractivity contribution in [1.82, 2.24) is 4.98 Å². The molecular weight excluding hydrogens is 458 g/mol. The average Bonchev–Trinajstić information content (AvgIpc) is 3.53. The molecule has 8 heteroatoms. The molecule has 0 fully saturated rings. The van der Waals surface area contributed by atoms with Gasteiger partial charge < -0.3 is 29.5 Å². The zero-order chi connectivity index (χ0) is 24.5. The molecule has 3 aromatic rings. The van der Waals surface area contributed by atoms with Crippen molar-refractivity contribution in [2.75, 3.05) is 36.7 Å². The second-order valence-corrected chi connectivity index (χ2v) is 9.40. The number of anilines is 2. The predicted molar refractivity (Wildman–Crippen MR) is 135 cm³/mol. The third-order valence-corrected chi connectivity index (χ3v) is 7.09. The second-order valence-electron chi connectivity index (χ2n) is 9.40. The minimum absolute atomic E-state index is 0.0000293. The monoisotopic (exact) mass is 487 g/mol. The SMILES string of the molecule is O=C(O)CC(c1ccc2c(c1)OCO2)N1CCc2cc(OCCc3ccc4c(n3)NCCC4)ccc21. The molecule has 3 aliphatic rings. The smallest absolute Gasteiger partial charge is 0.305 e. The third-order valence-electron chi connectivity index (χ3n) is 7.09. The van der Waals surface area contributed by atoms with Gasteiger partial charge in [-0.05, 0) is 72.4 Å². The molecule has 8 nitrogen and oxygen atoms in total. The average molecular weight is 488 g/mol. The predicted octanol–water partition coefficient (Wildman–Crippen LogP) is 4.37. The zero-order valence-electron chi connectivity index (χ0n) is 20.0. The van der Waals surface area contributed by atoms with Crippen LogP contribution in [-0.2, 0) is 24.1 Å². The van der Waals surface area contributed by atoms with Crippen molar-refractivity contribution in [1.29, 1.82) is 0 Å². The van der Waals surface area contributed by atoms with E-state index in [-0.39, 0.29) is 19.3 Å². The van der Waals surface area contributed by atoms with Crippen molar-refractivity contribution in [3.8, 4) is 17.2 Å². The van der Waals surface area contributed by atoms with Gasteiger partial charge in [0.05, 0.1) is 19.1 Å². The summed E-state index contributed by atoms with van der Waals surface area (Å²) in [5, 5.41) is 13.0. The van der Waals surface area contributed by atoms with Crippen molar-refractivity contribution in [3.63, 3.8) is 0 Å². The first-order chi connectivity index (χ1) is 17.6. The number of aromatic nitrogens is 1. The van der Waals surface area contributed by atoms with Gasteiger partial charge in [0, 0.05) is 30.9 Å². The first-order valence-electron chi connectivity index (χ1n) is 12.5. The molecule has 0 saturated heterocycles. The van der Waals surface area contributed by atoms with E-state index in [1.807, 2.05) is 30.3 Å².